The number of hydrogen-bond donors (Lipinski definition) is 0. The van der Waals surface area contributed by atoms with E-state index in [0.29, 0.717) is 0 Å². The molecule has 0 aliphatic heterocycles. The fraction of sp³-hybridized carbons (Fsp3) is 0. The first-order chi connectivity index (χ1) is 0. The summed E-state index contributed by atoms with van der Waals surface area (Å²) in [5.41, 5.74) is 0. The predicted molar refractivity (Wildman–Crippen MR) is 7.87 cm³/mol. The molecular weight excluding hydrogens is 271 g/mol. The van der Waals surface area contributed by atoms with Gasteiger partial charge >= 0.3 is 0 Å². The zero-order valence-corrected chi connectivity index (χ0v) is 9.41. The Morgan fingerprint density at radius 2 is 0.667 bits per heavy atom. The van der Waals surface area contributed by atoms with Gasteiger partial charge in [-0.15, -0.1) is 0 Å². The van der Waals surface area contributed by atoms with Crippen molar-refractivity contribution in [3.05, 3.63) is 0 Å². The van der Waals surface area contributed by atoms with E-state index in [-0.39, 0.29) is 101 Å². The van der Waals surface area contributed by atoms with Gasteiger partial charge in [0, 0.05) is 51.4 Å². The van der Waals surface area contributed by atoms with Gasteiger partial charge in [-0.3, -0.25) is 0 Å². The molecule has 0 heterocycles. The molecule has 0 N–H and O–H groups in total. The Bertz CT molecular complexity index is 11.7. The van der Waals surface area contributed by atoms with Crippen LogP contribution in [0.4, 0.5) is 0 Å². The molecule has 0 saturated carbocycles. The van der Waals surface area contributed by atoms with E-state index >= 15 is 0 Å². The summed E-state index contributed by atoms with van der Waals surface area (Å²) in [4.78, 5) is 0. The standard InChI is InChI=1S/4ClH.Na.Pd.H2/h4*1H;;;1H/p-4. The maximum absolute atomic E-state index is 0. The Hall–Kier alpha value is 2.82. The van der Waals surface area contributed by atoms with Crippen LogP contribution in [0.2, 0.25) is 0 Å². The van der Waals surface area contributed by atoms with Gasteiger partial charge in [0.15, 0.2) is 0 Å². The van der Waals surface area contributed by atoms with Crippen LogP contribution in [0.1, 0.15) is 1.43 Å². The summed E-state index contributed by atoms with van der Waals surface area (Å²) in [5, 5.41) is 0. The average Bonchev–Trinajstić information content (AvgIpc) is 0. The second kappa shape index (κ2) is 45.7. The zero-order valence-electron chi connectivity index (χ0n) is 2.83. The van der Waals surface area contributed by atoms with E-state index in [4.69, 9.17) is 0 Å². The fourth-order valence-electron chi connectivity index (χ4n) is 0. The Morgan fingerprint density at radius 1 is 0.667 bits per heavy atom. The first-order valence-electron chi connectivity index (χ1n) is 0. The molecule has 0 aromatic heterocycles. The van der Waals surface area contributed by atoms with Gasteiger partial charge in [-0.05, 0) is 0 Å². The van der Waals surface area contributed by atoms with E-state index < -0.39 is 0 Å². The van der Waals surface area contributed by atoms with E-state index in [9.17, 15) is 0 Å². The number of hydrogen-bond acceptors (Lipinski definition) is 0. The summed E-state index contributed by atoms with van der Waals surface area (Å²) < 4.78 is 0. The maximum atomic E-state index is 0. The van der Waals surface area contributed by atoms with Crippen LogP contribution in [0.25, 0.3) is 0 Å². The maximum Gasteiger partial charge on any atom is 0 e. The normalized spacial score (nSPS) is 0. The van der Waals surface area contributed by atoms with Crippen LogP contribution in [0, 0.1) is 0 Å². The predicted octanol–water partition coefficient (Wildman–Crippen LogP) is -12.1. The molecule has 6 heteroatoms. The van der Waals surface area contributed by atoms with Crippen LogP contribution < -0.4 is 49.6 Å². The van der Waals surface area contributed by atoms with Crippen molar-refractivity contribution >= 4 is 29.6 Å². The molecule has 0 unspecified atom stereocenters. The van der Waals surface area contributed by atoms with Gasteiger partial charge in [0.2, 0.25) is 0 Å². The molecule has 0 aliphatic carbocycles. The van der Waals surface area contributed by atoms with Gasteiger partial charge in [-0.1, -0.05) is 0 Å². The van der Waals surface area contributed by atoms with Gasteiger partial charge in [0.1, 0.15) is 0 Å². The topological polar surface area (TPSA) is 0 Å². The minimum Gasteiger partial charge on any atom is -1.00 e. The molecule has 0 atom stereocenters. The minimum absolute atomic E-state index is 0. The van der Waals surface area contributed by atoms with Crippen molar-refractivity contribution in [3.8, 4) is 0 Å². The second-order valence-corrected chi connectivity index (χ2v) is 0. The Labute approximate surface area is 99.7 Å². The molecule has 0 rings (SSSR count). The third-order valence-electron chi connectivity index (χ3n) is 0. The SMILES string of the molecule is [Cl-].[Cl-].[Cl-].[Cl-].[HH].[Na].[Pd]. The van der Waals surface area contributed by atoms with E-state index in [1.54, 1.807) is 0 Å². The van der Waals surface area contributed by atoms with Gasteiger partial charge in [0.25, 0.3) is 0 Å². The van der Waals surface area contributed by atoms with Crippen molar-refractivity contribution in [2.75, 3.05) is 0 Å². The summed E-state index contributed by atoms with van der Waals surface area (Å²) in [6.45, 7) is 0. The van der Waals surface area contributed by atoms with Crippen LogP contribution in [0.3, 0.4) is 0 Å². The van der Waals surface area contributed by atoms with Crippen molar-refractivity contribution < 1.29 is 71.5 Å². The minimum atomic E-state index is 0. The molecule has 0 bridgehead atoms. The number of rotatable bonds is 0. The molecule has 0 aromatic rings. The Kier molecular flexibility index (Phi) is 516. The van der Waals surface area contributed by atoms with Gasteiger partial charge in [0.05, 0.1) is 0 Å². The Balaban J connectivity index is 0. The molecular formula is H2Cl4NaPd-4. The summed E-state index contributed by atoms with van der Waals surface area (Å²) in [7, 11) is 0. The molecule has 1 radical (unpaired) electrons. The molecule has 0 amide bonds. The largest absolute Gasteiger partial charge is 1.00 e. The zero-order chi connectivity index (χ0) is 0. The molecule has 0 nitrogen and oxygen atoms in total. The summed E-state index contributed by atoms with van der Waals surface area (Å²) in [6, 6.07) is 0. The van der Waals surface area contributed by atoms with Crippen molar-refractivity contribution in [3.63, 3.8) is 0 Å². The quantitative estimate of drug-likeness (QED) is 0.385. The van der Waals surface area contributed by atoms with Crippen LogP contribution in [0.5, 0.6) is 0 Å². The first kappa shape index (κ1) is 67.8. The fourth-order valence-corrected chi connectivity index (χ4v) is 0. The monoisotopic (exact) mass is 271 g/mol. The van der Waals surface area contributed by atoms with Gasteiger partial charge in [-0.2, -0.15) is 0 Å². The summed E-state index contributed by atoms with van der Waals surface area (Å²) >= 11 is 0. The van der Waals surface area contributed by atoms with Crippen LogP contribution in [0.15, 0.2) is 0 Å². The van der Waals surface area contributed by atoms with Crippen molar-refractivity contribution in [1.29, 1.82) is 0 Å². The molecule has 0 fully saturated rings. The van der Waals surface area contributed by atoms with E-state index in [1.165, 1.54) is 0 Å². The molecule has 0 aromatic carbocycles. The van der Waals surface area contributed by atoms with E-state index in [0.717, 1.165) is 0 Å². The van der Waals surface area contributed by atoms with Gasteiger partial charge < -0.3 is 49.6 Å². The van der Waals surface area contributed by atoms with E-state index in [1.807, 2.05) is 0 Å². The third-order valence-corrected chi connectivity index (χ3v) is 0. The average molecular weight is 273 g/mol. The Morgan fingerprint density at radius 3 is 0.667 bits per heavy atom. The van der Waals surface area contributed by atoms with Crippen molar-refractivity contribution in [2.24, 2.45) is 0 Å². The first-order valence-corrected chi connectivity index (χ1v) is 0. The van der Waals surface area contributed by atoms with E-state index in [2.05, 4.69) is 0 Å². The molecule has 45 valence electrons. The molecule has 6 heavy (non-hydrogen) atoms. The van der Waals surface area contributed by atoms with Crippen molar-refractivity contribution in [1.82, 2.24) is 0 Å². The van der Waals surface area contributed by atoms with Crippen molar-refractivity contribution in [2.45, 2.75) is 0 Å². The van der Waals surface area contributed by atoms with Crippen LogP contribution >= 0.6 is 0 Å². The molecule has 0 aliphatic rings. The smallest absolute Gasteiger partial charge is 0 e. The molecule has 0 saturated heterocycles. The number of halogens is 4. The van der Waals surface area contributed by atoms with Crippen LogP contribution in [-0.2, 0) is 20.4 Å². The van der Waals surface area contributed by atoms with Crippen LogP contribution in [-0.4, -0.2) is 29.6 Å². The summed E-state index contributed by atoms with van der Waals surface area (Å²) in [5.74, 6) is 0. The third kappa shape index (κ3) is 29.0. The molecule has 0 spiro atoms. The van der Waals surface area contributed by atoms with Gasteiger partial charge in [-0.25, -0.2) is 0 Å². The summed E-state index contributed by atoms with van der Waals surface area (Å²) in [6.07, 6.45) is 0. The second-order valence-electron chi connectivity index (χ2n) is 0.